The molecule has 0 unspecified atom stereocenters. The van der Waals surface area contributed by atoms with Crippen LogP contribution in [0.25, 0.3) is 5.78 Å². The van der Waals surface area contributed by atoms with Crippen LogP contribution in [0.4, 0.5) is 5.82 Å². The fourth-order valence-electron chi connectivity index (χ4n) is 1.68. The second-order valence-corrected chi connectivity index (χ2v) is 4.29. The molecule has 0 aliphatic carbocycles. The van der Waals surface area contributed by atoms with Gasteiger partial charge in [0.25, 0.3) is 5.78 Å². The number of hydrogen-bond acceptors (Lipinski definition) is 7. The first-order valence-corrected chi connectivity index (χ1v) is 5.92. The molecule has 0 aromatic carbocycles. The van der Waals surface area contributed by atoms with Crippen LogP contribution in [0.15, 0.2) is 10.9 Å². The van der Waals surface area contributed by atoms with Gasteiger partial charge in [-0.25, -0.2) is 0 Å². The van der Waals surface area contributed by atoms with Gasteiger partial charge in [-0.2, -0.15) is 24.6 Å². The van der Waals surface area contributed by atoms with Gasteiger partial charge >= 0.3 is 0 Å². The van der Waals surface area contributed by atoms with Gasteiger partial charge in [-0.3, -0.25) is 0 Å². The summed E-state index contributed by atoms with van der Waals surface area (Å²) in [5, 5.41) is 11.3. The molecule has 0 fully saturated rings. The van der Waals surface area contributed by atoms with Crippen molar-refractivity contribution in [2.24, 2.45) is 0 Å². The van der Waals surface area contributed by atoms with E-state index in [1.54, 1.807) is 11.4 Å². The third-order valence-electron chi connectivity index (χ3n) is 2.58. The van der Waals surface area contributed by atoms with Crippen LogP contribution in [0.1, 0.15) is 17.3 Å². The molecule has 0 amide bonds. The molecular formula is C10H10ClN7O. The summed E-state index contributed by atoms with van der Waals surface area (Å²) in [4.78, 5) is 12.2. The van der Waals surface area contributed by atoms with E-state index in [0.717, 1.165) is 5.56 Å². The van der Waals surface area contributed by atoms with Gasteiger partial charge < -0.3 is 9.84 Å². The normalized spacial score (nSPS) is 11.1. The highest BCUT2D eigenvalue weighted by Crippen LogP contribution is 2.22. The van der Waals surface area contributed by atoms with Crippen molar-refractivity contribution < 1.29 is 4.52 Å². The maximum absolute atomic E-state index is 6.05. The standard InChI is InChI=1S/C10H10ClN7O/c1-5-8(11)16-10-13-4-14-18(10)9(5)12-3-7-15-6(2)17-19-7/h4,12H,3H2,1-2H3. The average molecular weight is 280 g/mol. The van der Waals surface area contributed by atoms with Crippen molar-refractivity contribution in [2.45, 2.75) is 20.4 Å². The quantitative estimate of drug-likeness (QED) is 0.724. The van der Waals surface area contributed by atoms with Crippen LogP contribution in [0.5, 0.6) is 0 Å². The predicted octanol–water partition coefficient (Wildman–Crippen LogP) is 1.39. The van der Waals surface area contributed by atoms with Gasteiger partial charge in [0.15, 0.2) is 5.82 Å². The predicted molar refractivity (Wildman–Crippen MR) is 66.9 cm³/mol. The first-order valence-electron chi connectivity index (χ1n) is 5.54. The molecule has 0 aliphatic heterocycles. The van der Waals surface area contributed by atoms with Crippen LogP contribution in [0.2, 0.25) is 5.15 Å². The van der Waals surface area contributed by atoms with Crippen LogP contribution >= 0.6 is 11.6 Å². The van der Waals surface area contributed by atoms with Gasteiger partial charge in [-0.1, -0.05) is 16.8 Å². The second kappa shape index (κ2) is 4.47. The maximum Gasteiger partial charge on any atom is 0.255 e. The monoisotopic (exact) mass is 279 g/mol. The van der Waals surface area contributed by atoms with Gasteiger partial charge in [0.2, 0.25) is 5.89 Å². The van der Waals surface area contributed by atoms with Crippen molar-refractivity contribution in [3.63, 3.8) is 0 Å². The van der Waals surface area contributed by atoms with E-state index in [4.69, 9.17) is 16.1 Å². The van der Waals surface area contributed by atoms with Crippen LogP contribution in [0, 0.1) is 13.8 Å². The highest BCUT2D eigenvalue weighted by Gasteiger charge is 2.13. The zero-order chi connectivity index (χ0) is 13.4. The Morgan fingerprint density at radius 2 is 2.21 bits per heavy atom. The summed E-state index contributed by atoms with van der Waals surface area (Å²) in [6.45, 7) is 3.98. The van der Waals surface area contributed by atoms with E-state index in [1.165, 1.54) is 6.33 Å². The van der Waals surface area contributed by atoms with Crippen LogP contribution < -0.4 is 5.32 Å². The largest absolute Gasteiger partial charge is 0.361 e. The molecule has 3 aromatic heterocycles. The van der Waals surface area contributed by atoms with E-state index >= 15 is 0 Å². The number of hydrogen-bond donors (Lipinski definition) is 1. The highest BCUT2D eigenvalue weighted by atomic mass is 35.5. The zero-order valence-electron chi connectivity index (χ0n) is 10.3. The van der Waals surface area contributed by atoms with Gasteiger partial charge in [-0.05, 0) is 13.8 Å². The fraction of sp³-hybridized carbons (Fsp3) is 0.300. The molecule has 0 saturated carbocycles. The number of halogens is 1. The molecule has 8 nitrogen and oxygen atoms in total. The van der Waals surface area contributed by atoms with Crippen molar-refractivity contribution in [3.05, 3.63) is 28.8 Å². The summed E-state index contributed by atoms with van der Waals surface area (Å²) in [5.41, 5.74) is 0.774. The van der Waals surface area contributed by atoms with Gasteiger partial charge in [0, 0.05) is 5.56 Å². The Morgan fingerprint density at radius 3 is 2.95 bits per heavy atom. The molecule has 0 aliphatic rings. The summed E-state index contributed by atoms with van der Waals surface area (Å²) in [5.74, 6) is 2.20. The van der Waals surface area contributed by atoms with Crippen molar-refractivity contribution in [2.75, 3.05) is 5.32 Å². The number of anilines is 1. The Balaban J connectivity index is 1.95. The van der Waals surface area contributed by atoms with Crippen LogP contribution in [0.3, 0.4) is 0 Å². The van der Waals surface area contributed by atoms with Gasteiger partial charge in [0.1, 0.15) is 17.3 Å². The van der Waals surface area contributed by atoms with E-state index in [2.05, 4.69) is 30.5 Å². The molecule has 9 heteroatoms. The maximum atomic E-state index is 6.05. The molecule has 0 bridgehead atoms. The van der Waals surface area contributed by atoms with E-state index in [1.807, 2.05) is 6.92 Å². The molecule has 3 rings (SSSR count). The number of nitrogens with zero attached hydrogens (tertiary/aromatic N) is 6. The minimum atomic E-state index is 0.372. The minimum absolute atomic E-state index is 0.372. The van der Waals surface area contributed by atoms with E-state index in [-0.39, 0.29) is 0 Å². The summed E-state index contributed by atoms with van der Waals surface area (Å²) in [7, 11) is 0. The molecule has 0 spiro atoms. The second-order valence-electron chi connectivity index (χ2n) is 3.94. The van der Waals surface area contributed by atoms with E-state index in [0.29, 0.717) is 35.0 Å². The molecule has 3 heterocycles. The number of rotatable bonds is 3. The van der Waals surface area contributed by atoms with Crippen molar-refractivity contribution >= 4 is 23.2 Å². The number of aromatic nitrogens is 6. The average Bonchev–Trinajstić information content (AvgIpc) is 2.99. The zero-order valence-corrected chi connectivity index (χ0v) is 11.0. The summed E-state index contributed by atoms with van der Waals surface area (Å²) < 4.78 is 6.61. The van der Waals surface area contributed by atoms with Crippen molar-refractivity contribution in [3.8, 4) is 0 Å². The number of aryl methyl sites for hydroxylation is 1. The molecule has 0 saturated heterocycles. The molecule has 0 atom stereocenters. The Bertz CT molecular complexity index is 735. The van der Waals surface area contributed by atoms with Crippen molar-refractivity contribution in [1.29, 1.82) is 0 Å². The van der Waals surface area contributed by atoms with Crippen LogP contribution in [-0.2, 0) is 6.54 Å². The number of nitrogens with one attached hydrogen (secondary N) is 1. The lowest BCUT2D eigenvalue weighted by atomic mass is 10.3. The summed E-state index contributed by atoms with van der Waals surface area (Å²) in [6.07, 6.45) is 1.42. The molecular weight excluding hydrogens is 270 g/mol. The Kier molecular flexibility index (Phi) is 2.79. The lowest BCUT2D eigenvalue weighted by Crippen LogP contribution is -2.09. The van der Waals surface area contributed by atoms with E-state index in [9.17, 15) is 0 Å². The minimum Gasteiger partial charge on any atom is -0.361 e. The number of fused-ring (bicyclic) bond motifs is 1. The Hall–Kier alpha value is -2.22. The highest BCUT2D eigenvalue weighted by molar-refractivity contribution is 6.30. The van der Waals surface area contributed by atoms with Gasteiger partial charge in [-0.15, -0.1) is 0 Å². The third-order valence-corrected chi connectivity index (χ3v) is 2.95. The summed E-state index contributed by atoms with van der Waals surface area (Å²) >= 11 is 6.05. The smallest absolute Gasteiger partial charge is 0.255 e. The first-order chi connectivity index (χ1) is 9.15. The lowest BCUT2D eigenvalue weighted by Gasteiger charge is -2.09. The lowest BCUT2D eigenvalue weighted by molar-refractivity contribution is 0.379. The SMILES string of the molecule is Cc1noc(CNc2c(C)c(Cl)nc3ncnn23)n1. The fourth-order valence-corrected chi connectivity index (χ4v) is 1.84. The molecule has 0 radical (unpaired) electrons. The molecule has 3 aromatic rings. The van der Waals surface area contributed by atoms with E-state index < -0.39 is 0 Å². The van der Waals surface area contributed by atoms with Gasteiger partial charge in [0.05, 0.1) is 6.54 Å². The Morgan fingerprint density at radius 1 is 1.37 bits per heavy atom. The Labute approximate surface area is 112 Å². The summed E-state index contributed by atoms with van der Waals surface area (Å²) in [6, 6.07) is 0. The topological polar surface area (TPSA) is 94.0 Å². The molecule has 1 N–H and O–H groups in total. The first kappa shape index (κ1) is 11.8. The van der Waals surface area contributed by atoms with Crippen molar-refractivity contribution in [1.82, 2.24) is 29.7 Å². The van der Waals surface area contributed by atoms with Crippen LogP contribution in [-0.4, -0.2) is 29.7 Å². The third kappa shape index (κ3) is 2.10. The molecule has 98 valence electrons. The molecule has 19 heavy (non-hydrogen) atoms.